The lowest BCUT2D eigenvalue weighted by Gasteiger charge is -2.09. The van der Waals surface area contributed by atoms with Crippen LogP contribution in [0.5, 0.6) is 17.2 Å². The number of methoxy groups -OCH3 is 2. The molecule has 0 radical (unpaired) electrons. The molecule has 0 aromatic heterocycles. The Balaban J connectivity index is 2.12. The summed E-state index contributed by atoms with van der Waals surface area (Å²) in [6.45, 7) is 4.02. The number of hydrogen-bond donors (Lipinski definition) is 0. The van der Waals surface area contributed by atoms with Gasteiger partial charge in [-0.15, -0.1) is 0 Å². The molecule has 124 valence electrons. The van der Waals surface area contributed by atoms with E-state index in [1.54, 1.807) is 56.7 Å². The fraction of sp³-hybridized carbons (Fsp3) is 0.150. The van der Waals surface area contributed by atoms with Crippen LogP contribution >= 0.6 is 0 Å². The first-order chi connectivity index (χ1) is 11.7. The Labute approximate surface area is 142 Å². The Hall–Kier alpha value is -3.01. The molecule has 0 saturated carbocycles. The summed E-state index contributed by atoms with van der Waals surface area (Å²) in [4.78, 5) is 12.2. The van der Waals surface area contributed by atoms with Crippen molar-refractivity contribution in [3.63, 3.8) is 0 Å². The van der Waals surface area contributed by atoms with Gasteiger partial charge in [0.1, 0.15) is 12.4 Å². The molecule has 0 unspecified atom stereocenters. The highest BCUT2D eigenvalue weighted by Crippen LogP contribution is 2.28. The first-order valence-electron chi connectivity index (χ1n) is 7.46. The Bertz CT molecular complexity index is 730. The van der Waals surface area contributed by atoms with E-state index in [-0.39, 0.29) is 5.78 Å². The van der Waals surface area contributed by atoms with E-state index in [0.717, 1.165) is 11.3 Å². The van der Waals surface area contributed by atoms with Gasteiger partial charge in [-0.05, 0) is 48.0 Å². The van der Waals surface area contributed by atoms with Gasteiger partial charge in [-0.3, -0.25) is 4.79 Å². The normalized spacial score (nSPS) is 10.4. The highest BCUT2D eigenvalue weighted by atomic mass is 16.5. The van der Waals surface area contributed by atoms with Crippen LogP contribution in [0.1, 0.15) is 15.9 Å². The van der Waals surface area contributed by atoms with Crippen molar-refractivity contribution in [1.29, 1.82) is 0 Å². The highest BCUT2D eigenvalue weighted by molar-refractivity contribution is 6.06. The van der Waals surface area contributed by atoms with Gasteiger partial charge in [-0.2, -0.15) is 0 Å². The molecule has 0 aliphatic carbocycles. The maximum Gasteiger partial charge on any atom is 0.185 e. The first-order valence-corrected chi connectivity index (χ1v) is 7.46. The summed E-state index contributed by atoms with van der Waals surface area (Å²) >= 11 is 0. The molecule has 4 nitrogen and oxygen atoms in total. The third-order valence-electron chi connectivity index (χ3n) is 3.35. The molecule has 0 amide bonds. The molecule has 2 rings (SSSR count). The van der Waals surface area contributed by atoms with Crippen molar-refractivity contribution in [3.8, 4) is 17.2 Å². The fourth-order valence-electron chi connectivity index (χ4n) is 2.08. The number of hydrogen-bond acceptors (Lipinski definition) is 4. The van der Waals surface area contributed by atoms with Crippen molar-refractivity contribution < 1.29 is 19.0 Å². The van der Waals surface area contributed by atoms with Gasteiger partial charge < -0.3 is 14.2 Å². The number of ketones is 1. The predicted molar refractivity (Wildman–Crippen MR) is 95.0 cm³/mol. The van der Waals surface area contributed by atoms with Crippen LogP contribution in [-0.2, 0) is 0 Å². The van der Waals surface area contributed by atoms with Crippen molar-refractivity contribution in [2.45, 2.75) is 0 Å². The summed E-state index contributed by atoms with van der Waals surface area (Å²) in [6, 6.07) is 12.5. The van der Waals surface area contributed by atoms with Gasteiger partial charge in [0.2, 0.25) is 0 Å². The maximum absolute atomic E-state index is 12.2. The summed E-state index contributed by atoms with van der Waals surface area (Å²) < 4.78 is 15.9. The molecule has 2 aromatic rings. The second kappa shape index (κ2) is 8.58. The van der Waals surface area contributed by atoms with E-state index in [1.165, 1.54) is 6.08 Å². The Morgan fingerprint density at radius 2 is 1.79 bits per heavy atom. The van der Waals surface area contributed by atoms with Crippen molar-refractivity contribution in [2.24, 2.45) is 0 Å². The molecule has 0 aliphatic rings. The predicted octanol–water partition coefficient (Wildman–Crippen LogP) is 4.16. The molecule has 24 heavy (non-hydrogen) atoms. The minimum atomic E-state index is -0.0800. The Morgan fingerprint density at radius 1 is 1.04 bits per heavy atom. The number of ether oxygens (including phenoxy) is 3. The van der Waals surface area contributed by atoms with Crippen molar-refractivity contribution in [3.05, 3.63) is 72.3 Å². The molecule has 0 atom stereocenters. The minimum absolute atomic E-state index is 0.0800. The highest BCUT2D eigenvalue weighted by Gasteiger charge is 2.05. The molecule has 0 saturated heterocycles. The summed E-state index contributed by atoms with van der Waals surface area (Å²) in [5.74, 6) is 1.88. The molecule has 0 fully saturated rings. The summed E-state index contributed by atoms with van der Waals surface area (Å²) in [7, 11) is 3.17. The molecule has 0 aliphatic heterocycles. The van der Waals surface area contributed by atoms with Crippen molar-refractivity contribution in [1.82, 2.24) is 0 Å². The molecule has 4 heteroatoms. The second-order valence-electron chi connectivity index (χ2n) is 4.94. The topological polar surface area (TPSA) is 44.8 Å². The van der Waals surface area contributed by atoms with Crippen LogP contribution < -0.4 is 14.2 Å². The summed E-state index contributed by atoms with van der Waals surface area (Å²) in [5.41, 5.74) is 1.45. The van der Waals surface area contributed by atoms with E-state index >= 15 is 0 Å². The average Bonchev–Trinajstić information content (AvgIpc) is 2.64. The zero-order valence-corrected chi connectivity index (χ0v) is 13.8. The first kappa shape index (κ1) is 17.3. The summed E-state index contributed by atoms with van der Waals surface area (Å²) in [5, 5.41) is 0. The lowest BCUT2D eigenvalue weighted by atomic mass is 10.1. The van der Waals surface area contributed by atoms with Gasteiger partial charge in [0.05, 0.1) is 14.2 Å². The van der Waals surface area contributed by atoms with Gasteiger partial charge in [0.25, 0.3) is 0 Å². The minimum Gasteiger partial charge on any atom is -0.497 e. The number of benzene rings is 2. The van der Waals surface area contributed by atoms with E-state index in [1.807, 2.05) is 12.1 Å². The van der Waals surface area contributed by atoms with Crippen LogP contribution in [-0.4, -0.2) is 26.6 Å². The number of carbonyl (C=O) groups excluding carboxylic acids is 1. The Morgan fingerprint density at radius 3 is 2.42 bits per heavy atom. The van der Waals surface area contributed by atoms with Crippen molar-refractivity contribution in [2.75, 3.05) is 20.8 Å². The number of rotatable bonds is 8. The second-order valence-corrected chi connectivity index (χ2v) is 4.94. The molecular formula is C20H20O4. The van der Waals surface area contributed by atoms with Crippen LogP contribution in [0.3, 0.4) is 0 Å². The average molecular weight is 324 g/mol. The smallest absolute Gasteiger partial charge is 0.185 e. The molecule has 0 bridgehead atoms. The fourth-order valence-corrected chi connectivity index (χ4v) is 2.08. The lowest BCUT2D eigenvalue weighted by Crippen LogP contribution is -1.96. The monoisotopic (exact) mass is 324 g/mol. The van der Waals surface area contributed by atoms with Gasteiger partial charge in [-0.1, -0.05) is 24.8 Å². The molecule has 2 aromatic carbocycles. The standard InChI is InChI=1S/C20H20O4/c1-4-13-24-19-12-6-15(14-20(19)23-3)5-11-18(21)16-7-9-17(22-2)10-8-16/h4-12,14H,1,13H2,2-3H3/b11-5+. The third-order valence-corrected chi connectivity index (χ3v) is 3.35. The largest absolute Gasteiger partial charge is 0.497 e. The van der Waals surface area contributed by atoms with Gasteiger partial charge in [0, 0.05) is 5.56 Å². The van der Waals surface area contributed by atoms with Gasteiger partial charge in [-0.25, -0.2) is 0 Å². The van der Waals surface area contributed by atoms with E-state index in [0.29, 0.717) is 23.7 Å². The van der Waals surface area contributed by atoms with Crippen molar-refractivity contribution >= 4 is 11.9 Å². The van der Waals surface area contributed by atoms with Crippen LogP contribution in [0, 0.1) is 0 Å². The van der Waals surface area contributed by atoms with Crippen LogP contribution in [0.4, 0.5) is 0 Å². The zero-order chi connectivity index (χ0) is 17.4. The summed E-state index contributed by atoms with van der Waals surface area (Å²) in [6.07, 6.45) is 4.94. The maximum atomic E-state index is 12.2. The van der Waals surface area contributed by atoms with E-state index in [4.69, 9.17) is 14.2 Å². The van der Waals surface area contributed by atoms with Crippen LogP contribution in [0.15, 0.2) is 61.2 Å². The number of allylic oxidation sites excluding steroid dienone is 1. The van der Waals surface area contributed by atoms with Crippen LogP contribution in [0.25, 0.3) is 6.08 Å². The molecule has 0 N–H and O–H groups in total. The van der Waals surface area contributed by atoms with Gasteiger partial charge in [0.15, 0.2) is 17.3 Å². The zero-order valence-electron chi connectivity index (χ0n) is 13.8. The number of carbonyl (C=O) groups is 1. The molecule has 0 heterocycles. The quantitative estimate of drug-likeness (QED) is 0.415. The molecular weight excluding hydrogens is 304 g/mol. The molecule has 0 spiro atoms. The van der Waals surface area contributed by atoms with Gasteiger partial charge >= 0.3 is 0 Å². The van der Waals surface area contributed by atoms with Crippen LogP contribution in [0.2, 0.25) is 0 Å². The van der Waals surface area contributed by atoms with E-state index < -0.39 is 0 Å². The van der Waals surface area contributed by atoms with E-state index in [9.17, 15) is 4.79 Å². The lowest BCUT2D eigenvalue weighted by molar-refractivity contribution is 0.104. The Kier molecular flexibility index (Phi) is 6.20. The SMILES string of the molecule is C=CCOc1ccc(/C=C/C(=O)c2ccc(OC)cc2)cc1OC. The van der Waals surface area contributed by atoms with E-state index in [2.05, 4.69) is 6.58 Å². The third kappa shape index (κ3) is 4.49.